The van der Waals surface area contributed by atoms with Crippen LogP contribution in [-0.2, 0) is 13.1 Å². The number of rotatable bonds is 3. The molecule has 0 saturated heterocycles. The standard InChI is InChI=1S/C15H17N3/c16-9-15(14-7-3-4-8-17-14)18-10-12-5-1-2-6-13(12)11-18/h1-8,15H,9-11,16H2. The number of fused-ring (bicyclic) bond motifs is 1. The van der Waals surface area contributed by atoms with Crippen LogP contribution >= 0.6 is 0 Å². The van der Waals surface area contributed by atoms with Crippen molar-refractivity contribution in [3.63, 3.8) is 0 Å². The van der Waals surface area contributed by atoms with Crippen molar-refractivity contribution in [3.05, 3.63) is 65.5 Å². The molecule has 1 atom stereocenters. The van der Waals surface area contributed by atoms with Crippen LogP contribution in [0, 0.1) is 0 Å². The van der Waals surface area contributed by atoms with Crippen molar-refractivity contribution in [3.8, 4) is 0 Å². The van der Waals surface area contributed by atoms with Crippen LogP contribution in [0.5, 0.6) is 0 Å². The lowest BCUT2D eigenvalue weighted by Gasteiger charge is -2.25. The Labute approximate surface area is 107 Å². The van der Waals surface area contributed by atoms with Crippen molar-refractivity contribution in [2.75, 3.05) is 6.54 Å². The van der Waals surface area contributed by atoms with E-state index in [0.29, 0.717) is 6.54 Å². The second-order valence-corrected chi connectivity index (χ2v) is 4.68. The smallest absolute Gasteiger partial charge is 0.0650 e. The van der Waals surface area contributed by atoms with Crippen molar-refractivity contribution in [1.29, 1.82) is 0 Å². The van der Waals surface area contributed by atoms with E-state index >= 15 is 0 Å². The number of nitrogens with zero attached hydrogens (tertiary/aromatic N) is 2. The molecule has 0 radical (unpaired) electrons. The monoisotopic (exact) mass is 239 g/mol. The van der Waals surface area contributed by atoms with Crippen LogP contribution in [0.2, 0.25) is 0 Å². The average Bonchev–Trinajstić information content (AvgIpc) is 2.84. The van der Waals surface area contributed by atoms with Crippen molar-refractivity contribution in [2.45, 2.75) is 19.1 Å². The molecule has 2 heterocycles. The zero-order chi connectivity index (χ0) is 12.4. The number of hydrogen-bond donors (Lipinski definition) is 1. The molecule has 1 aliphatic heterocycles. The maximum absolute atomic E-state index is 5.94. The summed E-state index contributed by atoms with van der Waals surface area (Å²) in [5, 5.41) is 0. The van der Waals surface area contributed by atoms with Crippen LogP contribution < -0.4 is 5.73 Å². The van der Waals surface area contributed by atoms with Crippen molar-refractivity contribution >= 4 is 0 Å². The summed E-state index contributed by atoms with van der Waals surface area (Å²) in [6.45, 7) is 2.54. The molecule has 3 nitrogen and oxygen atoms in total. The Kier molecular flexibility index (Phi) is 3.09. The van der Waals surface area contributed by atoms with Crippen molar-refractivity contribution in [1.82, 2.24) is 9.88 Å². The maximum atomic E-state index is 5.94. The fourth-order valence-electron chi connectivity index (χ4n) is 2.61. The molecule has 0 bridgehead atoms. The first kappa shape index (κ1) is 11.4. The van der Waals surface area contributed by atoms with E-state index in [1.807, 2.05) is 18.3 Å². The minimum Gasteiger partial charge on any atom is -0.329 e. The normalized spacial score (nSPS) is 16.5. The summed E-state index contributed by atoms with van der Waals surface area (Å²) in [5.41, 5.74) is 9.82. The Balaban J connectivity index is 1.84. The minimum absolute atomic E-state index is 0.207. The van der Waals surface area contributed by atoms with E-state index in [-0.39, 0.29) is 6.04 Å². The highest BCUT2D eigenvalue weighted by Crippen LogP contribution is 2.29. The van der Waals surface area contributed by atoms with Crippen molar-refractivity contribution < 1.29 is 0 Å². The van der Waals surface area contributed by atoms with Gasteiger partial charge in [-0.2, -0.15) is 0 Å². The van der Waals surface area contributed by atoms with Gasteiger partial charge in [-0.1, -0.05) is 30.3 Å². The van der Waals surface area contributed by atoms with Gasteiger partial charge in [-0.25, -0.2) is 0 Å². The van der Waals surface area contributed by atoms with Crippen LogP contribution in [0.3, 0.4) is 0 Å². The Morgan fingerprint density at radius 2 is 1.72 bits per heavy atom. The molecule has 1 aromatic heterocycles. The number of nitrogens with two attached hydrogens (primary N) is 1. The third-order valence-corrected chi connectivity index (χ3v) is 3.56. The van der Waals surface area contributed by atoms with Crippen molar-refractivity contribution in [2.24, 2.45) is 5.73 Å². The fourth-order valence-corrected chi connectivity index (χ4v) is 2.61. The molecule has 1 aromatic carbocycles. The summed E-state index contributed by atoms with van der Waals surface area (Å²) in [7, 11) is 0. The largest absolute Gasteiger partial charge is 0.329 e. The van der Waals surface area contributed by atoms with Crippen LogP contribution in [0.25, 0.3) is 0 Å². The molecule has 1 unspecified atom stereocenters. The predicted molar refractivity (Wildman–Crippen MR) is 71.7 cm³/mol. The van der Waals surface area contributed by atoms with E-state index in [9.17, 15) is 0 Å². The van der Waals surface area contributed by atoms with E-state index in [2.05, 4.69) is 40.2 Å². The summed E-state index contributed by atoms with van der Waals surface area (Å²) < 4.78 is 0. The topological polar surface area (TPSA) is 42.1 Å². The Morgan fingerprint density at radius 1 is 1.06 bits per heavy atom. The predicted octanol–water partition coefficient (Wildman–Crippen LogP) is 2.10. The summed E-state index contributed by atoms with van der Waals surface area (Å²) >= 11 is 0. The molecule has 0 amide bonds. The zero-order valence-electron chi connectivity index (χ0n) is 10.3. The highest BCUT2D eigenvalue weighted by atomic mass is 15.2. The average molecular weight is 239 g/mol. The SMILES string of the molecule is NCC(c1ccccn1)N1Cc2ccccc2C1. The van der Waals surface area contributed by atoms with Gasteiger partial charge in [0.1, 0.15) is 0 Å². The van der Waals surface area contributed by atoms with Gasteiger partial charge in [-0.05, 0) is 23.3 Å². The van der Waals surface area contributed by atoms with E-state index in [1.165, 1.54) is 11.1 Å². The number of aromatic nitrogens is 1. The lowest BCUT2D eigenvalue weighted by atomic mass is 10.1. The second-order valence-electron chi connectivity index (χ2n) is 4.68. The van der Waals surface area contributed by atoms with Gasteiger partial charge in [0.15, 0.2) is 0 Å². The summed E-state index contributed by atoms with van der Waals surface area (Å²) in [6.07, 6.45) is 1.83. The molecule has 92 valence electrons. The lowest BCUT2D eigenvalue weighted by molar-refractivity contribution is 0.201. The van der Waals surface area contributed by atoms with Gasteiger partial charge >= 0.3 is 0 Å². The molecule has 0 spiro atoms. The van der Waals surface area contributed by atoms with E-state index in [4.69, 9.17) is 5.73 Å². The Bertz CT molecular complexity index is 499. The van der Waals surface area contributed by atoms with Gasteiger partial charge in [0.2, 0.25) is 0 Å². The van der Waals surface area contributed by atoms with E-state index < -0.39 is 0 Å². The van der Waals surface area contributed by atoms with Crippen LogP contribution in [-0.4, -0.2) is 16.4 Å². The quantitative estimate of drug-likeness (QED) is 0.892. The number of hydrogen-bond acceptors (Lipinski definition) is 3. The van der Waals surface area contributed by atoms with Gasteiger partial charge in [0.05, 0.1) is 11.7 Å². The first-order chi connectivity index (χ1) is 8.88. The third kappa shape index (κ3) is 2.03. The minimum atomic E-state index is 0.207. The lowest BCUT2D eigenvalue weighted by Crippen LogP contribution is -2.30. The molecule has 2 N–H and O–H groups in total. The van der Waals surface area contributed by atoms with Gasteiger partial charge in [0.25, 0.3) is 0 Å². The number of benzene rings is 1. The van der Waals surface area contributed by atoms with Gasteiger partial charge in [-0.3, -0.25) is 9.88 Å². The summed E-state index contributed by atoms with van der Waals surface area (Å²) in [5.74, 6) is 0. The van der Waals surface area contributed by atoms with Gasteiger partial charge < -0.3 is 5.73 Å². The maximum Gasteiger partial charge on any atom is 0.0650 e. The molecule has 3 heteroatoms. The molecule has 0 saturated carbocycles. The molecule has 2 aromatic rings. The van der Waals surface area contributed by atoms with E-state index in [1.54, 1.807) is 0 Å². The molecule has 0 fully saturated rings. The molecule has 0 aliphatic carbocycles. The second kappa shape index (κ2) is 4.88. The molecule has 1 aliphatic rings. The highest BCUT2D eigenvalue weighted by Gasteiger charge is 2.26. The first-order valence-corrected chi connectivity index (χ1v) is 6.30. The molecular formula is C15H17N3. The van der Waals surface area contributed by atoms with Gasteiger partial charge in [0, 0.05) is 25.8 Å². The Hall–Kier alpha value is -1.71. The van der Waals surface area contributed by atoms with Crippen LogP contribution in [0.4, 0.5) is 0 Å². The fraction of sp³-hybridized carbons (Fsp3) is 0.267. The molecular weight excluding hydrogens is 222 g/mol. The van der Waals surface area contributed by atoms with Crippen LogP contribution in [0.1, 0.15) is 22.9 Å². The molecule has 3 rings (SSSR count). The number of pyridine rings is 1. The summed E-state index contributed by atoms with van der Waals surface area (Å²) in [6, 6.07) is 14.8. The van der Waals surface area contributed by atoms with Crippen LogP contribution in [0.15, 0.2) is 48.7 Å². The molecule has 18 heavy (non-hydrogen) atoms. The Morgan fingerprint density at radius 3 is 2.28 bits per heavy atom. The zero-order valence-corrected chi connectivity index (χ0v) is 10.3. The third-order valence-electron chi connectivity index (χ3n) is 3.56. The van der Waals surface area contributed by atoms with Gasteiger partial charge in [-0.15, -0.1) is 0 Å². The first-order valence-electron chi connectivity index (χ1n) is 6.30. The summed E-state index contributed by atoms with van der Waals surface area (Å²) in [4.78, 5) is 6.83. The highest BCUT2D eigenvalue weighted by molar-refractivity contribution is 5.31. The van der Waals surface area contributed by atoms with E-state index in [0.717, 1.165) is 18.8 Å².